The van der Waals surface area contributed by atoms with Crippen molar-refractivity contribution in [3.63, 3.8) is 0 Å². The molecule has 0 radical (unpaired) electrons. The van der Waals surface area contributed by atoms with Crippen LogP contribution < -0.4 is 5.73 Å². The van der Waals surface area contributed by atoms with Gasteiger partial charge in [0.1, 0.15) is 0 Å². The first-order valence-corrected chi connectivity index (χ1v) is 4.39. The monoisotopic (exact) mass is 235 g/mol. The molecule has 0 aliphatic heterocycles. The highest BCUT2D eigenvalue weighted by Crippen LogP contribution is 2.22. The number of carbonyl (C=O) groups excluding carboxylic acids is 1. The van der Waals surface area contributed by atoms with Gasteiger partial charge in [0.05, 0.1) is 16.3 Å². The molecule has 3 nitrogen and oxygen atoms in total. The predicted molar refractivity (Wildman–Crippen MR) is 52.2 cm³/mol. The van der Waals surface area contributed by atoms with Crippen LogP contribution in [0.2, 0.25) is 5.02 Å². The Morgan fingerprint density at radius 1 is 1.53 bits per heavy atom. The predicted octanol–water partition coefficient (Wildman–Crippen LogP) is 2.34. The van der Waals surface area contributed by atoms with E-state index in [4.69, 9.17) is 17.3 Å². The zero-order chi connectivity index (χ0) is 11.4. The summed E-state index contributed by atoms with van der Waals surface area (Å²) < 4.78 is 27.8. The normalized spacial score (nSPS) is 10.4. The molecule has 0 saturated heterocycles. The van der Waals surface area contributed by atoms with Crippen molar-refractivity contribution in [1.29, 1.82) is 0 Å². The summed E-state index contributed by atoms with van der Waals surface area (Å²) in [5.74, 6) is -0.907. The lowest BCUT2D eigenvalue weighted by Gasteiger charge is -2.07. The van der Waals surface area contributed by atoms with Gasteiger partial charge in [-0.25, -0.2) is 13.6 Å². The second-order valence-electron chi connectivity index (χ2n) is 2.69. The third-order valence-corrected chi connectivity index (χ3v) is 1.94. The van der Waals surface area contributed by atoms with Crippen LogP contribution in [0.1, 0.15) is 10.4 Å². The van der Waals surface area contributed by atoms with Crippen molar-refractivity contribution >= 4 is 23.3 Å². The maximum absolute atomic E-state index is 11.8. The summed E-state index contributed by atoms with van der Waals surface area (Å²) in [5, 5.41) is 0.182. The number of carbonyl (C=O) groups is 1. The minimum absolute atomic E-state index is 0.0110. The summed E-state index contributed by atoms with van der Waals surface area (Å²) in [6.45, 7) is -0.954. The molecule has 0 saturated carbocycles. The molecule has 1 aromatic carbocycles. The summed E-state index contributed by atoms with van der Waals surface area (Å²) in [4.78, 5) is 11.2. The molecule has 0 unspecified atom stereocenters. The van der Waals surface area contributed by atoms with E-state index in [-0.39, 0.29) is 16.3 Å². The Morgan fingerprint density at radius 3 is 2.80 bits per heavy atom. The number of anilines is 1. The second kappa shape index (κ2) is 4.93. The van der Waals surface area contributed by atoms with Crippen molar-refractivity contribution in [3.8, 4) is 0 Å². The summed E-state index contributed by atoms with van der Waals surface area (Å²) in [7, 11) is 0. The maximum atomic E-state index is 11.8. The smallest absolute Gasteiger partial charge is 0.340 e. The number of ether oxygens (including phenoxy) is 1. The van der Waals surface area contributed by atoms with E-state index in [2.05, 4.69) is 4.74 Å². The van der Waals surface area contributed by atoms with E-state index in [9.17, 15) is 13.6 Å². The van der Waals surface area contributed by atoms with Gasteiger partial charge in [-0.2, -0.15) is 0 Å². The number of para-hydroxylation sites is 1. The first-order chi connectivity index (χ1) is 7.02. The topological polar surface area (TPSA) is 52.3 Å². The lowest BCUT2D eigenvalue weighted by molar-refractivity contribution is 0.0161. The molecule has 0 aliphatic carbocycles. The molecule has 0 bridgehead atoms. The van der Waals surface area contributed by atoms with Gasteiger partial charge in [-0.15, -0.1) is 0 Å². The lowest BCUT2D eigenvalue weighted by atomic mass is 10.2. The molecular weight excluding hydrogens is 228 g/mol. The highest BCUT2D eigenvalue weighted by Gasteiger charge is 2.14. The summed E-state index contributed by atoms with van der Waals surface area (Å²) >= 11 is 5.64. The van der Waals surface area contributed by atoms with E-state index in [1.807, 2.05) is 0 Å². The van der Waals surface area contributed by atoms with Gasteiger partial charge >= 0.3 is 5.97 Å². The Kier molecular flexibility index (Phi) is 3.85. The number of benzene rings is 1. The molecule has 82 valence electrons. The van der Waals surface area contributed by atoms with E-state index < -0.39 is 19.0 Å². The summed E-state index contributed by atoms with van der Waals surface area (Å²) in [5.41, 5.74) is 5.48. The minimum atomic E-state index is -2.70. The lowest BCUT2D eigenvalue weighted by Crippen LogP contribution is -2.13. The van der Waals surface area contributed by atoms with Crippen LogP contribution in [-0.4, -0.2) is 19.0 Å². The van der Waals surface area contributed by atoms with Crippen LogP contribution in [-0.2, 0) is 4.74 Å². The molecule has 6 heteroatoms. The Morgan fingerprint density at radius 2 is 2.20 bits per heavy atom. The molecule has 15 heavy (non-hydrogen) atoms. The van der Waals surface area contributed by atoms with E-state index in [1.54, 1.807) is 0 Å². The molecule has 1 aromatic rings. The molecule has 0 heterocycles. The number of nitrogens with two attached hydrogens (primary N) is 1. The zero-order valence-electron chi connectivity index (χ0n) is 7.54. The Balaban J connectivity index is 2.78. The number of alkyl halides is 2. The molecule has 0 amide bonds. The average Bonchev–Trinajstić information content (AvgIpc) is 2.18. The van der Waals surface area contributed by atoms with E-state index in [0.717, 1.165) is 0 Å². The molecule has 0 aromatic heterocycles. The van der Waals surface area contributed by atoms with E-state index in [0.29, 0.717) is 0 Å². The first-order valence-electron chi connectivity index (χ1n) is 4.01. The van der Waals surface area contributed by atoms with Crippen molar-refractivity contribution in [1.82, 2.24) is 0 Å². The van der Waals surface area contributed by atoms with Gasteiger partial charge in [0, 0.05) is 0 Å². The van der Waals surface area contributed by atoms with Crippen LogP contribution in [0, 0.1) is 0 Å². The highest BCUT2D eigenvalue weighted by molar-refractivity contribution is 6.33. The van der Waals surface area contributed by atoms with Gasteiger partial charge in [0.15, 0.2) is 6.61 Å². The highest BCUT2D eigenvalue weighted by atomic mass is 35.5. The fourth-order valence-corrected chi connectivity index (χ4v) is 1.11. The Hall–Kier alpha value is -1.36. The van der Waals surface area contributed by atoms with E-state index in [1.165, 1.54) is 18.2 Å². The average molecular weight is 236 g/mol. The van der Waals surface area contributed by atoms with Gasteiger partial charge in [-0.3, -0.25) is 0 Å². The zero-order valence-corrected chi connectivity index (χ0v) is 8.30. The van der Waals surface area contributed by atoms with Crippen LogP contribution in [0.3, 0.4) is 0 Å². The Labute approximate surface area is 89.8 Å². The van der Waals surface area contributed by atoms with Crippen molar-refractivity contribution in [2.24, 2.45) is 0 Å². The number of hydrogen-bond acceptors (Lipinski definition) is 3. The summed E-state index contributed by atoms with van der Waals surface area (Å²) in [6.07, 6.45) is -2.70. The van der Waals surface area contributed by atoms with Gasteiger partial charge in [-0.05, 0) is 12.1 Å². The van der Waals surface area contributed by atoms with Crippen molar-refractivity contribution in [3.05, 3.63) is 28.8 Å². The molecule has 0 atom stereocenters. The van der Waals surface area contributed by atoms with Crippen LogP contribution >= 0.6 is 11.6 Å². The molecule has 0 fully saturated rings. The number of nitrogen functional groups attached to an aromatic ring is 1. The van der Waals surface area contributed by atoms with E-state index >= 15 is 0 Å². The quantitative estimate of drug-likeness (QED) is 0.646. The largest absolute Gasteiger partial charge is 0.456 e. The number of rotatable bonds is 3. The summed E-state index contributed by atoms with van der Waals surface area (Å²) in [6, 6.07) is 4.33. The standard InChI is InChI=1S/C9H8ClF2NO2/c10-6-3-1-2-5(8(6)13)9(14)15-4-7(11)12/h1-3,7H,4,13H2. The molecule has 2 N–H and O–H groups in total. The van der Waals surface area contributed by atoms with Gasteiger partial charge in [-0.1, -0.05) is 17.7 Å². The van der Waals surface area contributed by atoms with Crippen molar-refractivity contribution < 1.29 is 18.3 Å². The molecule has 0 aliphatic rings. The Bertz CT molecular complexity index is 371. The third kappa shape index (κ3) is 3.06. The molecular formula is C9H8ClF2NO2. The SMILES string of the molecule is Nc1c(Cl)cccc1C(=O)OCC(F)F. The molecule has 0 spiro atoms. The number of hydrogen-bond donors (Lipinski definition) is 1. The van der Waals surface area contributed by atoms with Crippen LogP contribution in [0.5, 0.6) is 0 Å². The maximum Gasteiger partial charge on any atom is 0.340 e. The van der Waals surface area contributed by atoms with Gasteiger partial charge < -0.3 is 10.5 Å². The number of esters is 1. The van der Waals surface area contributed by atoms with Crippen LogP contribution in [0.25, 0.3) is 0 Å². The van der Waals surface area contributed by atoms with Gasteiger partial charge in [0.25, 0.3) is 6.43 Å². The van der Waals surface area contributed by atoms with Crippen LogP contribution in [0.15, 0.2) is 18.2 Å². The van der Waals surface area contributed by atoms with Crippen molar-refractivity contribution in [2.75, 3.05) is 12.3 Å². The fourth-order valence-electron chi connectivity index (χ4n) is 0.931. The minimum Gasteiger partial charge on any atom is -0.456 e. The van der Waals surface area contributed by atoms with Gasteiger partial charge in [0.2, 0.25) is 0 Å². The van der Waals surface area contributed by atoms with Crippen molar-refractivity contribution in [2.45, 2.75) is 6.43 Å². The van der Waals surface area contributed by atoms with Crippen LogP contribution in [0.4, 0.5) is 14.5 Å². The second-order valence-corrected chi connectivity index (χ2v) is 3.10. The third-order valence-electron chi connectivity index (χ3n) is 1.61. The molecule has 1 rings (SSSR count). The number of halogens is 3. The fraction of sp³-hybridized carbons (Fsp3) is 0.222. The first kappa shape index (κ1) is 11.7.